The number of hydrogen-bond acceptors (Lipinski definition) is 7. The summed E-state index contributed by atoms with van der Waals surface area (Å²) in [7, 11) is 1.59. The number of methoxy groups -OCH3 is 1. The molecule has 4 aromatic rings. The van der Waals surface area contributed by atoms with Crippen molar-refractivity contribution in [2.45, 2.75) is 31.7 Å². The first-order valence-corrected chi connectivity index (χ1v) is 12.6. The molecular weight excluding hydrogens is 491 g/mol. The van der Waals surface area contributed by atoms with E-state index < -0.39 is 11.7 Å². The van der Waals surface area contributed by atoms with Gasteiger partial charge in [-0.05, 0) is 59.9 Å². The molecule has 8 nitrogen and oxygen atoms in total. The second kappa shape index (κ2) is 11.1. The van der Waals surface area contributed by atoms with Gasteiger partial charge in [-0.1, -0.05) is 30.5 Å². The molecule has 2 heterocycles. The summed E-state index contributed by atoms with van der Waals surface area (Å²) in [6.07, 6.45) is 4.60. The maximum absolute atomic E-state index is 14.5. The summed E-state index contributed by atoms with van der Waals surface area (Å²) in [6, 6.07) is 14.3. The fourth-order valence-electron chi connectivity index (χ4n) is 3.68. The number of amides is 1. The van der Waals surface area contributed by atoms with Crippen LogP contribution in [-0.2, 0) is 11.3 Å². The van der Waals surface area contributed by atoms with Crippen LogP contribution in [0, 0.1) is 11.8 Å². The fourth-order valence-corrected chi connectivity index (χ4v) is 4.43. The monoisotopic (exact) mass is 514 g/mol. The molecule has 5 rings (SSSR count). The van der Waals surface area contributed by atoms with Crippen molar-refractivity contribution in [1.82, 2.24) is 25.2 Å². The van der Waals surface area contributed by atoms with Crippen LogP contribution >= 0.6 is 11.3 Å². The lowest BCUT2D eigenvalue weighted by molar-refractivity contribution is -0.114. The van der Waals surface area contributed by atoms with E-state index in [1.807, 2.05) is 30.3 Å². The second-order valence-electron chi connectivity index (χ2n) is 8.51. The number of rotatable bonds is 7. The zero-order valence-corrected chi connectivity index (χ0v) is 20.8. The Kier molecular flexibility index (Phi) is 7.33. The number of halogens is 1. The molecule has 0 bridgehead atoms. The van der Waals surface area contributed by atoms with Gasteiger partial charge in [0, 0.05) is 28.6 Å². The van der Waals surface area contributed by atoms with Gasteiger partial charge in [-0.2, -0.15) is 4.80 Å². The van der Waals surface area contributed by atoms with Crippen LogP contribution in [0.2, 0.25) is 0 Å². The van der Waals surface area contributed by atoms with Crippen molar-refractivity contribution in [2.75, 3.05) is 12.4 Å². The topological polar surface area (TPSA) is 94.8 Å². The van der Waals surface area contributed by atoms with Crippen LogP contribution in [0.25, 0.3) is 6.08 Å². The minimum Gasteiger partial charge on any atom is -0.497 e. The van der Waals surface area contributed by atoms with Gasteiger partial charge in [-0.3, -0.25) is 4.79 Å². The number of nitrogens with one attached hydrogen (secondary N) is 1. The highest BCUT2D eigenvalue weighted by Crippen LogP contribution is 2.36. The number of tetrazole rings is 1. The van der Waals surface area contributed by atoms with Crippen molar-refractivity contribution in [3.63, 3.8) is 0 Å². The highest BCUT2D eigenvalue weighted by atomic mass is 32.1. The predicted molar refractivity (Wildman–Crippen MR) is 139 cm³/mol. The Labute approximate surface area is 217 Å². The van der Waals surface area contributed by atoms with E-state index in [1.165, 1.54) is 35.4 Å². The van der Waals surface area contributed by atoms with Gasteiger partial charge in [-0.25, -0.2) is 9.37 Å². The van der Waals surface area contributed by atoms with Crippen molar-refractivity contribution in [3.8, 4) is 17.6 Å². The Morgan fingerprint density at radius 2 is 2.08 bits per heavy atom. The van der Waals surface area contributed by atoms with Crippen LogP contribution in [0.5, 0.6) is 5.75 Å². The second-order valence-corrected chi connectivity index (χ2v) is 9.37. The molecule has 2 aromatic carbocycles. The van der Waals surface area contributed by atoms with Gasteiger partial charge >= 0.3 is 0 Å². The van der Waals surface area contributed by atoms with Crippen LogP contribution in [-0.4, -0.2) is 38.2 Å². The molecule has 1 amide bonds. The summed E-state index contributed by atoms with van der Waals surface area (Å²) in [5, 5.41) is 17.2. The first-order valence-electron chi connectivity index (χ1n) is 11.7. The molecule has 10 heteroatoms. The van der Waals surface area contributed by atoms with E-state index in [-0.39, 0.29) is 5.82 Å². The van der Waals surface area contributed by atoms with Crippen molar-refractivity contribution >= 4 is 29.0 Å². The highest BCUT2D eigenvalue weighted by molar-refractivity contribution is 7.10. The van der Waals surface area contributed by atoms with E-state index in [4.69, 9.17) is 4.74 Å². The van der Waals surface area contributed by atoms with Gasteiger partial charge < -0.3 is 10.1 Å². The van der Waals surface area contributed by atoms with Gasteiger partial charge in [-0.15, -0.1) is 21.5 Å². The third-order valence-corrected chi connectivity index (χ3v) is 6.68. The van der Waals surface area contributed by atoms with Crippen molar-refractivity contribution in [3.05, 3.63) is 87.4 Å². The zero-order valence-electron chi connectivity index (χ0n) is 20.0. The summed E-state index contributed by atoms with van der Waals surface area (Å²) in [6.45, 7) is 0.343. The van der Waals surface area contributed by atoms with Crippen LogP contribution in [0.3, 0.4) is 0 Å². The van der Waals surface area contributed by atoms with Gasteiger partial charge in [0.05, 0.1) is 19.3 Å². The average Bonchev–Trinajstić information content (AvgIpc) is 3.52. The molecule has 1 fully saturated rings. The number of anilines is 1. The first-order chi connectivity index (χ1) is 18.1. The maximum Gasteiger partial charge on any atom is 0.284 e. The third kappa shape index (κ3) is 6.26. The van der Waals surface area contributed by atoms with Gasteiger partial charge in [0.2, 0.25) is 5.82 Å². The quantitative estimate of drug-likeness (QED) is 0.281. The van der Waals surface area contributed by atoms with E-state index in [9.17, 15) is 9.18 Å². The minimum atomic E-state index is -1.04. The summed E-state index contributed by atoms with van der Waals surface area (Å²) < 4.78 is 19.7. The number of carbonyl (C=O) groups excluding carboxylic acids is 1. The molecule has 1 N–H and O–H groups in total. The van der Waals surface area contributed by atoms with Crippen LogP contribution in [0.4, 0.5) is 10.1 Å². The van der Waals surface area contributed by atoms with Crippen molar-refractivity contribution in [1.29, 1.82) is 0 Å². The Hall–Kier alpha value is -4.36. The van der Waals surface area contributed by atoms with E-state index >= 15 is 0 Å². The lowest BCUT2D eigenvalue weighted by Gasteiger charge is -2.22. The standard InChI is InChI=1S/C27H23FN6O2S/c1-36-22-11-8-19(9-12-22)16-34-32-25(31-33-34)15-23(28)27(35)29-21-7-2-4-18(14-21)10-13-26-30-24(17-37-26)20-5-3-6-20/h2,4,7-9,11-12,14-15,17,20H,3,5-6,16H2,1H3,(H,29,35)/b23-15-. The Balaban J connectivity index is 1.19. The molecule has 1 aliphatic rings. The van der Waals surface area contributed by atoms with Crippen LogP contribution in [0.15, 0.2) is 59.7 Å². The van der Waals surface area contributed by atoms with Gasteiger partial charge in [0.25, 0.3) is 5.91 Å². The zero-order chi connectivity index (χ0) is 25.6. The molecule has 0 atom stereocenters. The third-order valence-electron chi connectivity index (χ3n) is 5.90. The van der Waals surface area contributed by atoms with Gasteiger partial charge in [0.1, 0.15) is 5.75 Å². The van der Waals surface area contributed by atoms with Gasteiger partial charge in [0.15, 0.2) is 10.8 Å². The molecule has 0 unspecified atom stereocenters. The van der Waals surface area contributed by atoms with E-state index in [0.29, 0.717) is 23.7 Å². The Morgan fingerprint density at radius 3 is 2.84 bits per heavy atom. The van der Waals surface area contributed by atoms with Crippen molar-refractivity contribution in [2.24, 2.45) is 0 Å². The smallest absolute Gasteiger partial charge is 0.284 e. The highest BCUT2D eigenvalue weighted by Gasteiger charge is 2.21. The number of thiazole rings is 1. The Morgan fingerprint density at radius 1 is 1.24 bits per heavy atom. The number of aromatic nitrogens is 5. The maximum atomic E-state index is 14.5. The first kappa shape index (κ1) is 24.3. The minimum absolute atomic E-state index is 0.00880. The van der Waals surface area contributed by atoms with Crippen LogP contribution < -0.4 is 10.1 Å². The summed E-state index contributed by atoms with van der Waals surface area (Å²) in [4.78, 5) is 18.3. The molecule has 37 heavy (non-hydrogen) atoms. The largest absolute Gasteiger partial charge is 0.497 e. The number of carbonyl (C=O) groups is 1. The lowest BCUT2D eigenvalue weighted by Crippen LogP contribution is -2.12. The number of benzene rings is 2. The SMILES string of the molecule is COc1ccc(Cn2nnc(/C=C(\F)C(=O)Nc3cccc(C#Cc4nc(C5CCC5)cs4)c3)n2)cc1. The molecule has 0 saturated heterocycles. The summed E-state index contributed by atoms with van der Waals surface area (Å²) in [5.41, 5.74) is 3.15. The lowest BCUT2D eigenvalue weighted by atomic mass is 9.83. The molecule has 0 radical (unpaired) electrons. The Bertz CT molecular complexity index is 1490. The average molecular weight is 515 g/mol. The summed E-state index contributed by atoms with van der Waals surface area (Å²) >= 11 is 1.53. The molecule has 2 aromatic heterocycles. The molecular formula is C27H23FN6O2S. The van der Waals surface area contributed by atoms with E-state index in [0.717, 1.165) is 28.1 Å². The molecule has 1 aliphatic carbocycles. The van der Waals surface area contributed by atoms with E-state index in [2.05, 4.69) is 42.9 Å². The normalized spacial score (nSPS) is 13.4. The summed E-state index contributed by atoms with van der Waals surface area (Å²) in [5.74, 6) is 5.48. The molecule has 1 saturated carbocycles. The predicted octanol–water partition coefficient (Wildman–Crippen LogP) is 4.80. The molecule has 0 aliphatic heterocycles. The molecule has 0 spiro atoms. The van der Waals surface area contributed by atoms with Crippen molar-refractivity contribution < 1.29 is 13.9 Å². The number of ether oxygens (including phenoxy) is 1. The fraction of sp³-hybridized carbons (Fsp3) is 0.222. The number of nitrogens with zero attached hydrogens (tertiary/aromatic N) is 5. The van der Waals surface area contributed by atoms with Crippen LogP contribution in [0.1, 0.15) is 52.8 Å². The number of hydrogen-bond donors (Lipinski definition) is 1. The van der Waals surface area contributed by atoms with E-state index in [1.54, 1.807) is 25.3 Å². The molecule has 186 valence electrons.